The van der Waals surface area contributed by atoms with Crippen LogP contribution in [0, 0.1) is 0 Å². The van der Waals surface area contributed by atoms with Crippen LogP contribution in [0.15, 0.2) is 15.7 Å². The molecule has 1 saturated heterocycles. The summed E-state index contributed by atoms with van der Waals surface area (Å²) in [7, 11) is -3.40. The molecule has 3 N–H and O–H groups in total. The number of sulfonamides is 1. The van der Waals surface area contributed by atoms with E-state index in [2.05, 4.69) is 0 Å². The Balaban J connectivity index is 2.25. The molecule has 1 fully saturated rings. The van der Waals surface area contributed by atoms with Gasteiger partial charge in [0.2, 0.25) is 0 Å². The number of anilines is 1. The molecule has 0 aliphatic carbocycles. The van der Waals surface area contributed by atoms with Crippen LogP contribution < -0.4 is 5.73 Å². The van der Waals surface area contributed by atoms with Crippen LogP contribution in [0.5, 0.6) is 0 Å². The van der Waals surface area contributed by atoms with Crippen LogP contribution in [-0.2, 0) is 10.0 Å². The molecule has 1 aromatic heterocycles. The highest BCUT2D eigenvalue weighted by Crippen LogP contribution is 2.27. The molecule has 0 radical (unpaired) electrons. The number of β-amino-alcohol motifs (C(OH)–C–C–N with tert-alkyl or cyclic N) is 1. The molecule has 0 aromatic carbocycles. The van der Waals surface area contributed by atoms with Gasteiger partial charge in [-0.3, -0.25) is 0 Å². The monoisotopic (exact) mass is 234 g/mol. The molecule has 0 bridgehead atoms. The zero-order valence-electron chi connectivity index (χ0n) is 7.25. The predicted octanol–water partition coefficient (Wildman–Crippen LogP) is -0.304. The fraction of sp³-hybridized carbons (Fsp3) is 0.429. The summed E-state index contributed by atoms with van der Waals surface area (Å²) in [4.78, 5) is 0. The quantitative estimate of drug-likeness (QED) is 0.735. The Hall–Kier alpha value is -0.630. The van der Waals surface area contributed by atoms with E-state index in [9.17, 15) is 8.42 Å². The molecule has 78 valence electrons. The number of nitrogens with two attached hydrogens (primary N) is 1. The van der Waals surface area contributed by atoms with Crippen molar-refractivity contribution in [2.45, 2.75) is 10.3 Å². The molecule has 0 spiro atoms. The number of nitrogens with zero attached hydrogens (tertiary/aromatic N) is 1. The lowest BCUT2D eigenvalue weighted by Crippen LogP contribution is -2.53. The van der Waals surface area contributed by atoms with E-state index in [-0.39, 0.29) is 17.3 Å². The smallest absolute Gasteiger partial charge is 0.252 e. The van der Waals surface area contributed by atoms with Gasteiger partial charge in [-0.1, -0.05) is 0 Å². The second-order valence-corrected chi connectivity index (χ2v) is 6.25. The van der Waals surface area contributed by atoms with E-state index in [1.54, 1.807) is 5.38 Å². The number of hydrogen-bond acceptors (Lipinski definition) is 5. The maximum atomic E-state index is 11.7. The van der Waals surface area contributed by atoms with Gasteiger partial charge in [0.1, 0.15) is 4.21 Å². The maximum Gasteiger partial charge on any atom is 0.252 e. The van der Waals surface area contributed by atoms with Crippen molar-refractivity contribution in [1.29, 1.82) is 0 Å². The minimum absolute atomic E-state index is 0.181. The van der Waals surface area contributed by atoms with Crippen LogP contribution >= 0.6 is 11.3 Å². The molecular weight excluding hydrogens is 224 g/mol. The van der Waals surface area contributed by atoms with Crippen molar-refractivity contribution in [3.63, 3.8) is 0 Å². The number of aliphatic hydroxyl groups excluding tert-OH is 1. The first-order chi connectivity index (χ1) is 6.50. The van der Waals surface area contributed by atoms with Crippen molar-refractivity contribution >= 4 is 27.0 Å². The molecule has 0 unspecified atom stereocenters. The van der Waals surface area contributed by atoms with Crippen LogP contribution in [-0.4, -0.2) is 37.0 Å². The summed E-state index contributed by atoms with van der Waals surface area (Å²) in [6.07, 6.45) is -0.526. The highest BCUT2D eigenvalue weighted by molar-refractivity contribution is 7.91. The molecule has 2 heterocycles. The van der Waals surface area contributed by atoms with Gasteiger partial charge in [0.25, 0.3) is 10.0 Å². The van der Waals surface area contributed by atoms with Gasteiger partial charge in [-0.15, -0.1) is 11.3 Å². The SMILES string of the molecule is Nc1csc(S(=O)(=O)N2CC(O)C2)c1. The molecule has 2 rings (SSSR count). The van der Waals surface area contributed by atoms with Crippen molar-refractivity contribution in [3.8, 4) is 0 Å². The van der Waals surface area contributed by atoms with Gasteiger partial charge in [0.05, 0.1) is 6.10 Å². The zero-order chi connectivity index (χ0) is 10.3. The summed E-state index contributed by atoms with van der Waals surface area (Å²) in [5.74, 6) is 0. The maximum absolute atomic E-state index is 11.7. The lowest BCUT2D eigenvalue weighted by molar-refractivity contribution is 0.0549. The number of aliphatic hydroxyl groups is 1. The summed E-state index contributed by atoms with van der Waals surface area (Å²) in [6, 6.07) is 1.44. The molecule has 0 atom stereocenters. The first-order valence-electron chi connectivity index (χ1n) is 4.02. The molecular formula is C7H10N2O3S2. The van der Waals surface area contributed by atoms with Crippen LogP contribution in [0.1, 0.15) is 0 Å². The third kappa shape index (κ3) is 1.52. The number of hydrogen-bond donors (Lipinski definition) is 2. The molecule has 7 heteroatoms. The van der Waals surface area contributed by atoms with Crippen molar-refractivity contribution < 1.29 is 13.5 Å². The third-order valence-corrected chi connectivity index (χ3v) is 5.28. The highest BCUT2D eigenvalue weighted by Gasteiger charge is 2.36. The molecule has 0 saturated carbocycles. The molecule has 1 aliphatic rings. The fourth-order valence-electron chi connectivity index (χ4n) is 1.21. The Morgan fingerprint density at radius 3 is 2.64 bits per heavy atom. The Bertz CT molecular complexity index is 434. The molecule has 5 nitrogen and oxygen atoms in total. The first-order valence-corrected chi connectivity index (χ1v) is 6.34. The Labute approximate surface area is 85.8 Å². The van der Waals surface area contributed by atoms with E-state index in [0.717, 1.165) is 11.3 Å². The van der Waals surface area contributed by atoms with E-state index in [4.69, 9.17) is 10.8 Å². The second kappa shape index (κ2) is 3.20. The van der Waals surface area contributed by atoms with Crippen LogP contribution in [0.2, 0.25) is 0 Å². The van der Waals surface area contributed by atoms with Gasteiger partial charge in [0, 0.05) is 24.2 Å². The Morgan fingerprint density at radius 2 is 2.21 bits per heavy atom. The minimum atomic E-state index is -3.40. The van der Waals surface area contributed by atoms with E-state index in [1.165, 1.54) is 10.4 Å². The normalized spacial score (nSPS) is 19.5. The number of rotatable bonds is 2. The Morgan fingerprint density at radius 1 is 1.57 bits per heavy atom. The van der Waals surface area contributed by atoms with Gasteiger partial charge in [0.15, 0.2) is 0 Å². The van der Waals surface area contributed by atoms with Crippen LogP contribution in [0.4, 0.5) is 5.69 Å². The second-order valence-electron chi connectivity index (χ2n) is 3.17. The number of thiophene rings is 1. The summed E-state index contributed by atoms with van der Waals surface area (Å²) in [6.45, 7) is 0.361. The first kappa shape index (κ1) is 9.91. The predicted molar refractivity (Wildman–Crippen MR) is 53.5 cm³/mol. The molecule has 14 heavy (non-hydrogen) atoms. The van der Waals surface area contributed by atoms with Crippen molar-refractivity contribution in [2.24, 2.45) is 0 Å². The average Bonchev–Trinajstić information content (AvgIpc) is 2.46. The average molecular weight is 234 g/mol. The number of nitrogen functional groups attached to an aromatic ring is 1. The van der Waals surface area contributed by atoms with Gasteiger partial charge in [-0.05, 0) is 6.07 Å². The van der Waals surface area contributed by atoms with Crippen molar-refractivity contribution in [2.75, 3.05) is 18.8 Å². The van der Waals surface area contributed by atoms with Crippen molar-refractivity contribution in [3.05, 3.63) is 11.4 Å². The zero-order valence-corrected chi connectivity index (χ0v) is 8.88. The van der Waals surface area contributed by atoms with Crippen LogP contribution in [0.3, 0.4) is 0 Å². The summed E-state index contributed by atoms with van der Waals surface area (Å²) in [5.41, 5.74) is 5.89. The van der Waals surface area contributed by atoms with E-state index in [1.807, 2.05) is 0 Å². The minimum Gasteiger partial charge on any atom is -0.398 e. The molecule has 1 aromatic rings. The van der Waals surface area contributed by atoms with Crippen molar-refractivity contribution in [1.82, 2.24) is 4.31 Å². The van der Waals surface area contributed by atoms with E-state index >= 15 is 0 Å². The lowest BCUT2D eigenvalue weighted by Gasteiger charge is -2.33. The summed E-state index contributed by atoms with van der Waals surface area (Å²) >= 11 is 1.10. The summed E-state index contributed by atoms with van der Waals surface area (Å²) < 4.78 is 25.0. The highest BCUT2D eigenvalue weighted by atomic mass is 32.2. The van der Waals surface area contributed by atoms with Gasteiger partial charge in [-0.2, -0.15) is 4.31 Å². The van der Waals surface area contributed by atoms with E-state index in [0.29, 0.717) is 5.69 Å². The van der Waals surface area contributed by atoms with Gasteiger partial charge in [-0.25, -0.2) is 8.42 Å². The summed E-state index contributed by atoms with van der Waals surface area (Å²) in [5, 5.41) is 10.6. The van der Waals surface area contributed by atoms with Gasteiger partial charge < -0.3 is 10.8 Å². The Kier molecular flexibility index (Phi) is 2.26. The standard InChI is InChI=1S/C7H10N2O3S2/c8-5-1-7(13-4-5)14(11,12)9-2-6(10)3-9/h1,4,6,10H,2-3,8H2. The van der Waals surface area contributed by atoms with E-state index < -0.39 is 16.1 Å². The largest absolute Gasteiger partial charge is 0.398 e. The fourth-order valence-corrected chi connectivity index (χ4v) is 3.95. The molecule has 1 aliphatic heterocycles. The van der Waals surface area contributed by atoms with Gasteiger partial charge >= 0.3 is 0 Å². The molecule has 0 amide bonds. The third-order valence-electron chi connectivity index (χ3n) is 2.02. The lowest BCUT2D eigenvalue weighted by atomic mass is 10.2. The topological polar surface area (TPSA) is 83.6 Å². The van der Waals surface area contributed by atoms with Crippen LogP contribution in [0.25, 0.3) is 0 Å².